The lowest BCUT2D eigenvalue weighted by Crippen LogP contribution is -2.41. The number of nitrogens with zero attached hydrogens (tertiary/aromatic N) is 1. The number of primary amides is 1. The van der Waals surface area contributed by atoms with Crippen molar-refractivity contribution < 1.29 is 14.1 Å². The van der Waals surface area contributed by atoms with Gasteiger partial charge in [0.15, 0.2) is 0 Å². The Morgan fingerprint density at radius 2 is 1.74 bits per heavy atom. The van der Waals surface area contributed by atoms with Crippen molar-refractivity contribution in [1.82, 2.24) is 4.98 Å². The predicted octanol–water partition coefficient (Wildman–Crippen LogP) is 0.788. The molecule has 1 aliphatic heterocycles. The van der Waals surface area contributed by atoms with Crippen LogP contribution < -0.4 is 11.2 Å². The van der Waals surface area contributed by atoms with E-state index in [1.807, 2.05) is 34.6 Å². The van der Waals surface area contributed by atoms with Crippen LogP contribution in [0.1, 0.15) is 43.9 Å². The smallest absolute Gasteiger partial charge is 0.399 e. The maximum absolute atomic E-state index is 11.1. The highest BCUT2D eigenvalue weighted by Gasteiger charge is 2.52. The van der Waals surface area contributed by atoms with Gasteiger partial charge in [-0.15, -0.1) is 0 Å². The average molecular weight is 262 g/mol. The largest absolute Gasteiger partial charge is 0.496 e. The Morgan fingerprint density at radius 3 is 2.16 bits per heavy atom. The van der Waals surface area contributed by atoms with E-state index in [0.717, 1.165) is 5.46 Å². The van der Waals surface area contributed by atoms with Gasteiger partial charge in [0.2, 0.25) is 0 Å². The molecule has 19 heavy (non-hydrogen) atoms. The second-order valence-corrected chi connectivity index (χ2v) is 5.82. The SMILES string of the molecule is Cc1nc(C(N)=O)ccc1B1OC(C)(C)C(C)(C)O1. The number of rotatable bonds is 2. The van der Waals surface area contributed by atoms with Crippen molar-refractivity contribution in [3.8, 4) is 0 Å². The summed E-state index contributed by atoms with van der Waals surface area (Å²) in [6, 6.07) is 3.38. The minimum absolute atomic E-state index is 0.248. The summed E-state index contributed by atoms with van der Waals surface area (Å²) in [5.41, 5.74) is 6.18. The molecule has 1 aromatic rings. The van der Waals surface area contributed by atoms with Crippen LogP contribution >= 0.6 is 0 Å². The van der Waals surface area contributed by atoms with E-state index in [9.17, 15) is 4.79 Å². The zero-order valence-corrected chi connectivity index (χ0v) is 12.0. The number of carbonyl (C=O) groups excluding carboxylic acids is 1. The average Bonchev–Trinajstić information content (AvgIpc) is 2.47. The number of hydrogen-bond donors (Lipinski definition) is 1. The first-order valence-corrected chi connectivity index (χ1v) is 6.27. The van der Waals surface area contributed by atoms with Gasteiger partial charge in [0.25, 0.3) is 5.91 Å². The highest BCUT2D eigenvalue weighted by molar-refractivity contribution is 6.62. The van der Waals surface area contributed by atoms with Gasteiger partial charge in [0, 0.05) is 11.2 Å². The summed E-state index contributed by atoms with van der Waals surface area (Å²) in [5.74, 6) is -0.538. The van der Waals surface area contributed by atoms with Crippen molar-refractivity contribution >= 4 is 18.5 Å². The highest BCUT2D eigenvalue weighted by atomic mass is 16.7. The van der Waals surface area contributed by atoms with E-state index >= 15 is 0 Å². The van der Waals surface area contributed by atoms with Crippen LogP contribution in [0.25, 0.3) is 0 Å². The van der Waals surface area contributed by atoms with Gasteiger partial charge < -0.3 is 15.0 Å². The molecule has 6 heteroatoms. The summed E-state index contributed by atoms with van der Waals surface area (Å²) in [4.78, 5) is 15.3. The Kier molecular flexibility index (Phi) is 3.19. The van der Waals surface area contributed by atoms with Crippen molar-refractivity contribution in [3.63, 3.8) is 0 Å². The molecule has 1 fully saturated rings. The molecule has 0 bridgehead atoms. The minimum atomic E-state index is -0.538. The van der Waals surface area contributed by atoms with Crippen molar-refractivity contribution in [2.75, 3.05) is 0 Å². The molecule has 0 spiro atoms. The van der Waals surface area contributed by atoms with Gasteiger partial charge in [0.05, 0.1) is 11.2 Å². The molecule has 2 N–H and O–H groups in total. The number of hydrogen-bond acceptors (Lipinski definition) is 4. The molecule has 102 valence electrons. The Hall–Kier alpha value is -1.40. The fraction of sp³-hybridized carbons (Fsp3) is 0.538. The third-order valence-electron chi connectivity index (χ3n) is 3.89. The van der Waals surface area contributed by atoms with E-state index in [1.165, 1.54) is 0 Å². The molecule has 2 rings (SSSR count). The van der Waals surface area contributed by atoms with Gasteiger partial charge in [-0.3, -0.25) is 4.79 Å². The molecule has 1 aliphatic rings. The fourth-order valence-electron chi connectivity index (χ4n) is 1.93. The first-order chi connectivity index (χ1) is 8.64. The molecule has 5 nitrogen and oxygen atoms in total. The summed E-state index contributed by atoms with van der Waals surface area (Å²) in [6.07, 6.45) is 0. The van der Waals surface area contributed by atoms with E-state index in [4.69, 9.17) is 15.0 Å². The van der Waals surface area contributed by atoms with Gasteiger partial charge in [-0.25, -0.2) is 4.98 Å². The summed E-state index contributed by atoms with van der Waals surface area (Å²) in [7, 11) is -0.473. The molecule has 1 aromatic heterocycles. The maximum atomic E-state index is 11.1. The van der Waals surface area contributed by atoms with Crippen molar-refractivity contribution in [1.29, 1.82) is 0 Å². The number of aryl methyl sites for hydroxylation is 1. The second-order valence-electron chi connectivity index (χ2n) is 5.82. The lowest BCUT2D eigenvalue weighted by Gasteiger charge is -2.32. The van der Waals surface area contributed by atoms with Gasteiger partial charge in [-0.05, 0) is 40.7 Å². The number of aromatic nitrogens is 1. The third-order valence-corrected chi connectivity index (χ3v) is 3.89. The zero-order valence-electron chi connectivity index (χ0n) is 12.0. The zero-order chi connectivity index (χ0) is 14.4. The van der Waals surface area contributed by atoms with E-state index in [0.29, 0.717) is 5.69 Å². The Balaban J connectivity index is 2.33. The fourth-order valence-corrected chi connectivity index (χ4v) is 1.93. The van der Waals surface area contributed by atoms with Crippen molar-refractivity contribution in [3.05, 3.63) is 23.5 Å². The summed E-state index contributed by atoms with van der Waals surface area (Å²) in [5, 5.41) is 0. The van der Waals surface area contributed by atoms with E-state index in [-0.39, 0.29) is 5.69 Å². The molecule has 0 saturated carbocycles. The number of nitrogens with two attached hydrogens (primary N) is 1. The van der Waals surface area contributed by atoms with E-state index in [1.54, 1.807) is 12.1 Å². The van der Waals surface area contributed by atoms with Gasteiger partial charge in [-0.1, -0.05) is 6.07 Å². The molecule has 2 heterocycles. The molecular weight excluding hydrogens is 243 g/mol. The van der Waals surface area contributed by atoms with Crippen LogP contribution in [-0.4, -0.2) is 29.2 Å². The van der Waals surface area contributed by atoms with Crippen LogP contribution in [0, 0.1) is 6.92 Å². The lowest BCUT2D eigenvalue weighted by molar-refractivity contribution is 0.00578. The van der Waals surface area contributed by atoms with Crippen LogP contribution in [0.3, 0.4) is 0 Å². The first-order valence-electron chi connectivity index (χ1n) is 6.27. The summed E-state index contributed by atoms with van der Waals surface area (Å²) >= 11 is 0. The lowest BCUT2D eigenvalue weighted by atomic mass is 9.78. The Morgan fingerprint density at radius 1 is 1.21 bits per heavy atom. The van der Waals surface area contributed by atoms with Gasteiger partial charge >= 0.3 is 7.12 Å². The minimum Gasteiger partial charge on any atom is -0.399 e. The Bertz CT molecular complexity index is 513. The Labute approximate surface area is 113 Å². The predicted molar refractivity (Wildman–Crippen MR) is 73.2 cm³/mol. The number of carbonyl (C=O) groups is 1. The monoisotopic (exact) mass is 262 g/mol. The summed E-state index contributed by atoms with van der Waals surface area (Å²) in [6.45, 7) is 9.79. The summed E-state index contributed by atoms with van der Waals surface area (Å²) < 4.78 is 11.9. The van der Waals surface area contributed by atoms with Crippen molar-refractivity contribution in [2.45, 2.75) is 45.8 Å². The molecule has 0 aliphatic carbocycles. The standard InChI is InChI=1S/C13H19BN2O3/c1-8-9(6-7-10(16-8)11(15)17)14-18-12(2,3)13(4,5)19-14/h6-7H,1-5H3,(H2,15,17). The maximum Gasteiger partial charge on any atom is 0.496 e. The van der Waals surface area contributed by atoms with Gasteiger partial charge in [0.1, 0.15) is 5.69 Å². The quantitative estimate of drug-likeness (QED) is 0.799. The van der Waals surface area contributed by atoms with Crippen LogP contribution in [0.4, 0.5) is 0 Å². The molecular formula is C13H19BN2O3. The van der Waals surface area contributed by atoms with Gasteiger partial charge in [-0.2, -0.15) is 0 Å². The normalized spacial score (nSPS) is 20.6. The molecule has 1 amide bonds. The second kappa shape index (κ2) is 4.32. The molecule has 0 unspecified atom stereocenters. The molecule has 0 aromatic carbocycles. The van der Waals surface area contributed by atoms with E-state index < -0.39 is 24.2 Å². The van der Waals surface area contributed by atoms with E-state index in [2.05, 4.69) is 4.98 Å². The number of amides is 1. The van der Waals surface area contributed by atoms with Crippen molar-refractivity contribution in [2.24, 2.45) is 5.73 Å². The van der Waals surface area contributed by atoms with Crippen LogP contribution in [0.5, 0.6) is 0 Å². The molecule has 1 saturated heterocycles. The van der Waals surface area contributed by atoms with Crippen LogP contribution in [0.2, 0.25) is 0 Å². The number of pyridine rings is 1. The van der Waals surface area contributed by atoms with Crippen LogP contribution in [0.15, 0.2) is 12.1 Å². The molecule has 0 atom stereocenters. The third kappa shape index (κ3) is 2.38. The highest BCUT2D eigenvalue weighted by Crippen LogP contribution is 2.36. The first kappa shape index (κ1) is 14.0. The molecule has 0 radical (unpaired) electrons. The topological polar surface area (TPSA) is 74.4 Å². The van der Waals surface area contributed by atoms with Crippen LogP contribution in [-0.2, 0) is 9.31 Å².